The number of piperidine rings is 1. The molecule has 0 atom stereocenters. The molecule has 5 heteroatoms. The van der Waals surface area contributed by atoms with Gasteiger partial charge in [-0.1, -0.05) is 24.3 Å². The van der Waals surface area contributed by atoms with Crippen LogP contribution in [0.4, 0.5) is 0 Å². The largest absolute Gasteiger partial charge is 0.490 e. The van der Waals surface area contributed by atoms with Crippen molar-refractivity contribution < 1.29 is 9.53 Å². The van der Waals surface area contributed by atoms with Crippen molar-refractivity contribution in [2.45, 2.75) is 32.8 Å². The second kappa shape index (κ2) is 7.50. The van der Waals surface area contributed by atoms with Crippen LogP contribution in [0.1, 0.15) is 34.3 Å². The Morgan fingerprint density at radius 2 is 1.86 bits per heavy atom. The summed E-state index contributed by atoms with van der Waals surface area (Å²) >= 11 is 0. The number of rotatable bonds is 3. The number of nitrogens with zero attached hydrogens (tertiary/aromatic N) is 1. The summed E-state index contributed by atoms with van der Waals surface area (Å²) in [6.45, 7) is 5.26. The number of aromatic nitrogens is 1. The molecule has 144 valence electrons. The lowest BCUT2D eigenvalue weighted by atomic mass is 10.1. The molecule has 1 aromatic heterocycles. The van der Waals surface area contributed by atoms with E-state index >= 15 is 0 Å². The Labute approximate surface area is 163 Å². The summed E-state index contributed by atoms with van der Waals surface area (Å²) in [5.41, 5.74) is 3.01. The standard InChI is InChI=1S/C23H24N2O3/c1-15-7-8-16(2)21(13-15)28-17-9-11-25(12-10-17)23(27)19-14-24-20-6-4-3-5-18(20)22(19)26/h3-8,13-14,17H,9-12H2,1-2H3,(H,24,26). The average molecular weight is 376 g/mol. The molecule has 2 aromatic carbocycles. The van der Waals surface area contributed by atoms with Crippen molar-refractivity contribution in [3.63, 3.8) is 0 Å². The predicted octanol–water partition coefficient (Wildman–Crippen LogP) is 3.83. The zero-order valence-corrected chi connectivity index (χ0v) is 16.2. The third-order valence-corrected chi connectivity index (χ3v) is 5.39. The third kappa shape index (κ3) is 3.52. The number of fused-ring (bicyclic) bond motifs is 1. The van der Waals surface area contributed by atoms with Gasteiger partial charge in [-0.15, -0.1) is 0 Å². The molecule has 0 radical (unpaired) electrons. The van der Waals surface area contributed by atoms with Crippen molar-refractivity contribution in [3.05, 3.63) is 75.6 Å². The lowest BCUT2D eigenvalue weighted by molar-refractivity contribution is 0.0593. The van der Waals surface area contributed by atoms with Gasteiger partial charge < -0.3 is 14.6 Å². The minimum atomic E-state index is -0.215. The van der Waals surface area contributed by atoms with Crippen LogP contribution in [0.5, 0.6) is 5.75 Å². The molecule has 28 heavy (non-hydrogen) atoms. The number of aromatic amines is 1. The van der Waals surface area contributed by atoms with Crippen LogP contribution >= 0.6 is 0 Å². The first-order valence-electron chi connectivity index (χ1n) is 9.66. The first kappa shape index (κ1) is 18.3. The van der Waals surface area contributed by atoms with Gasteiger partial charge in [-0.25, -0.2) is 0 Å². The van der Waals surface area contributed by atoms with Gasteiger partial charge in [0.05, 0.1) is 0 Å². The van der Waals surface area contributed by atoms with Gasteiger partial charge in [0.25, 0.3) is 5.91 Å². The monoisotopic (exact) mass is 376 g/mol. The van der Waals surface area contributed by atoms with Gasteiger partial charge in [0.2, 0.25) is 5.43 Å². The van der Waals surface area contributed by atoms with E-state index in [1.807, 2.05) is 25.1 Å². The summed E-state index contributed by atoms with van der Waals surface area (Å²) in [5.74, 6) is 0.702. The molecular weight excluding hydrogens is 352 g/mol. The molecule has 5 nitrogen and oxygen atoms in total. The quantitative estimate of drug-likeness (QED) is 0.756. The van der Waals surface area contributed by atoms with E-state index < -0.39 is 0 Å². The van der Waals surface area contributed by atoms with Gasteiger partial charge in [0.1, 0.15) is 17.4 Å². The van der Waals surface area contributed by atoms with E-state index in [0.29, 0.717) is 18.5 Å². The smallest absolute Gasteiger partial charge is 0.259 e. The Morgan fingerprint density at radius 1 is 1.11 bits per heavy atom. The fourth-order valence-electron chi connectivity index (χ4n) is 3.69. The second-order valence-electron chi connectivity index (χ2n) is 7.46. The maximum Gasteiger partial charge on any atom is 0.259 e. The Bertz CT molecular complexity index is 1080. The number of benzene rings is 2. The topological polar surface area (TPSA) is 62.4 Å². The number of hydrogen-bond acceptors (Lipinski definition) is 3. The fourth-order valence-corrected chi connectivity index (χ4v) is 3.69. The highest BCUT2D eigenvalue weighted by Crippen LogP contribution is 2.24. The maximum atomic E-state index is 12.9. The molecule has 1 amide bonds. The van der Waals surface area contributed by atoms with Gasteiger partial charge in [-0.3, -0.25) is 9.59 Å². The lowest BCUT2D eigenvalue weighted by Gasteiger charge is -2.32. The number of H-pyrrole nitrogens is 1. The SMILES string of the molecule is Cc1ccc(C)c(OC2CCN(C(=O)c3c[nH]c4ccccc4c3=O)CC2)c1. The predicted molar refractivity (Wildman–Crippen MR) is 110 cm³/mol. The van der Waals surface area contributed by atoms with Crippen LogP contribution in [0.15, 0.2) is 53.5 Å². The molecule has 2 heterocycles. The number of pyridine rings is 1. The van der Waals surface area contributed by atoms with Crippen LogP contribution in [0, 0.1) is 13.8 Å². The number of hydrogen-bond donors (Lipinski definition) is 1. The first-order valence-corrected chi connectivity index (χ1v) is 9.66. The van der Waals surface area contributed by atoms with E-state index in [2.05, 4.69) is 30.1 Å². The summed E-state index contributed by atoms with van der Waals surface area (Å²) in [5, 5.41) is 0.543. The summed E-state index contributed by atoms with van der Waals surface area (Å²) in [4.78, 5) is 30.4. The Balaban J connectivity index is 1.45. The lowest BCUT2D eigenvalue weighted by Crippen LogP contribution is -2.43. The number of ether oxygens (including phenoxy) is 1. The third-order valence-electron chi connectivity index (χ3n) is 5.39. The molecule has 0 saturated carbocycles. The summed E-state index contributed by atoms with van der Waals surface area (Å²) in [6, 6.07) is 13.4. The number of para-hydroxylation sites is 1. The molecule has 1 aliphatic rings. The molecule has 0 unspecified atom stereocenters. The van der Waals surface area contributed by atoms with E-state index in [1.165, 1.54) is 11.8 Å². The van der Waals surface area contributed by atoms with Crippen molar-refractivity contribution in [2.24, 2.45) is 0 Å². The number of likely N-dealkylation sites (tertiary alicyclic amines) is 1. The molecule has 1 saturated heterocycles. The average Bonchev–Trinajstić information content (AvgIpc) is 2.71. The van der Waals surface area contributed by atoms with Crippen LogP contribution < -0.4 is 10.2 Å². The number of amides is 1. The van der Waals surface area contributed by atoms with Crippen LogP contribution in [-0.4, -0.2) is 35.0 Å². The van der Waals surface area contributed by atoms with Crippen molar-refractivity contribution >= 4 is 16.8 Å². The molecule has 0 aliphatic carbocycles. The Hall–Kier alpha value is -3.08. The molecule has 0 spiro atoms. The summed E-state index contributed by atoms with van der Waals surface area (Å²) in [6.07, 6.45) is 3.13. The van der Waals surface area contributed by atoms with E-state index in [1.54, 1.807) is 11.0 Å². The number of carbonyl (C=O) groups excluding carboxylic acids is 1. The highest BCUT2D eigenvalue weighted by molar-refractivity contribution is 5.97. The Morgan fingerprint density at radius 3 is 2.64 bits per heavy atom. The fraction of sp³-hybridized carbons (Fsp3) is 0.304. The molecule has 4 rings (SSSR count). The van der Waals surface area contributed by atoms with Gasteiger partial charge in [0, 0.05) is 43.0 Å². The van der Waals surface area contributed by atoms with Crippen molar-refractivity contribution in [1.29, 1.82) is 0 Å². The zero-order valence-electron chi connectivity index (χ0n) is 16.2. The Kier molecular flexibility index (Phi) is 4.90. The van der Waals surface area contributed by atoms with E-state index in [4.69, 9.17) is 4.74 Å². The second-order valence-corrected chi connectivity index (χ2v) is 7.46. The van der Waals surface area contributed by atoms with Gasteiger partial charge in [0.15, 0.2) is 0 Å². The van der Waals surface area contributed by atoms with Gasteiger partial charge in [-0.2, -0.15) is 0 Å². The highest BCUT2D eigenvalue weighted by Gasteiger charge is 2.26. The van der Waals surface area contributed by atoms with Crippen molar-refractivity contribution in [2.75, 3.05) is 13.1 Å². The van der Waals surface area contributed by atoms with Crippen molar-refractivity contribution in [1.82, 2.24) is 9.88 Å². The van der Waals surface area contributed by atoms with Crippen molar-refractivity contribution in [3.8, 4) is 5.75 Å². The normalized spacial score (nSPS) is 15.0. The molecule has 0 bridgehead atoms. The molecular formula is C23H24N2O3. The van der Waals surface area contributed by atoms with E-state index in [-0.39, 0.29) is 23.0 Å². The molecule has 1 fully saturated rings. The number of carbonyl (C=O) groups is 1. The first-order chi connectivity index (χ1) is 13.5. The van der Waals surface area contributed by atoms with Crippen LogP contribution in [0.25, 0.3) is 10.9 Å². The molecule has 1 aliphatic heterocycles. The van der Waals surface area contributed by atoms with E-state index in [9.17, 15) is 9.59 Å². The molecule has 3 aromatic rings. The van der Waals surface area contributed by atoms with Gasteiger partial charge >= 0.3 is 0 Å². The number of nitrogens with one attached hydrogen (secondary N) is 1. The number of aryl methyl sites for hydroxylation is 2. The minimum absolute atomic E-state index is 0.0828. The minimum Gasteiger partial charge on any atom is -0.490 e. The van der Waals surface area contributed by atoms with Crippen LogP contribution in [0.3, 0.4) is 0 Å². The van der Waals surface area contributed by atoms with Crippen LogP contribution in [-0.2, 0) is 0 Å². The zero-order chi connectivity index (χ0) is 19.7. The van der Waals surface area contributed by atoms with E-state index in [0.717, 1.165) is 29.7 Å². The van der Waals surface area contributed by atoms with Crippen LogP contribution in [0.2, 0.25) is 0 Å². The highest BCUT2D eigenvalue weighted by atomic mass is 16.5. The molecule has 1 N–H and O–H groups in total. The summed E-state index contributed by atoms with van der Waals surface area (Å²) in [7, 11) is 0. The maximum absolute atomic E-state index is 12.9. The summed E-state index contributed by atoms with van der Waals surface area (Å²) < 4.78 is 6.18. The van der Waals surface area contributed by atoms with Gasteiger partial charge in [-0.05, 0) is 43.2 Å².